The van der Waals surface area contributed by atoms with Crippen molar-refractivity contribution in [3.63, 3.8) is 0 Å². The molecule has 0 aliphatic carbocycles. The van der Waals surface area contributed by atoms with Crippen LogP contribution in [-0.2, 0) is 16.0 Å². The highest BCUT2D eigenvalue weighted by molar-refractivity contribution is 6.30. The molecule has 3 aromatic rings. The lowest BCUT2D eigenvalue weighted by Crippen LogP contribution is -2.21. The minimum absolute atomic E-state index is 0.0291. The molecule has 0 unspecified atom stereocenters. The average Bonchev–Trinajstić information content (AvgIpc) is 3.16. The number of halogens is 1. The van der Waals surface area contributed by atoms with E-state index < -0.39 is 11.9 Å². The Morgan fingerprint density at radius 1 is 1.10 bits per heavy atom. The summed E-state index contributed by atoms with van der Waals surface area (Å²) in [4.78, 5) is 24.9. The van der Waals surface area contributed by atoms with Crippen LogP contribution in [0.1, 0.15) is 29.8 Å². The lowest BCUT2D eigenvalue weighted by atomic mass is 10.1. The standard InChI is InChI=1S/C22H21ClN2O5/c1-3-14-7-5-6-8-17(14)29-13-18(26)24-21-19(22(27)28-4-2)20(25-30-21)15-9-11-16(23)12-10-15/h5-12H,3-4,13H2,1-2H3,(H,24,26). The van der Waals surface area contributed by atoms with Gasteiger partial charge in [0.25, 0.3) is 5.91 Å². The Morgan fingerprint density at radius 2 is 1.83 bits per heavy atom. The fourth-order valence-corrected chi connectivity index (χ4v) is 2.94. The summed E-state index contributed by atoms with van der Waals surface area (Å²) in [5.41, 5.74) is 1.86. The number of hydrogen-bond acceptors (Lipinski definition) is 6. The predicted octanol–water partition coefficient (Wildman–Crippen LogP) is 4.75. The van der Waals surface area contributed by atoms with E-state index in [1.807, 2.05) is 25.1 Å². The van der Waals surface area contributed by atoms with E-state index in [1.54, 1.807) is 37.3 Å². The zero-order valence-electron chi connectivity index (χ0n) is 16.6. The minimum atomic E-state index is -0.656. The second-order valence-electron chi connectivity index (χ2n) is 6.26. The van der Waals surface area contributed by atoms with Crippen molar-refractivity contribution in [2.75, 3.05) is 18.5 Å². The van der Waals surface area contributed by atoms with Crippen molar-refractivity contribution in [1.82, 2.24) is 5.16 Å². The maximum atomic E-state index is 12.5. The van der Waals surface area contributed by atoms with Gasteiger partial charge in [0, 0.05) is 10.6 Å². The zero-order valence-corrected chi connectivity index (χ0v) is 17.4. The number of ether oxygens (including phenoxy) is 2. The Kier molecular flexibility index (Phi) is 7.08. The van der Waals surface area contributed by atoms with Crippen molar-refractivity contribution in [3.8, 4) is 17.0 Å². The van der Waals surface area contributed by atoms with E-state index >= 15 is 0 Å². The van der Waals surface area contributed by atoms with Crippen molar-refractivity contribution in [1.29, 1.82) is 0 Å². The summed E-state index contributed by atoms with van der Waals surface area (Å²) in [6.45, 7) is 3.59. The maximum Gasteiger partial charge on any atom is 0.346 e. The minimum Gasteiger partial charge on any atom is -0.483 e. The number of carbonyl (C=O) groups is 2. The van der Waals surface area contributed by atoms with Crippen LogP contribution in [0.5, 0.6) is 5.75 Å². The van der Waals surface area contributed by atoms with E-state index in [0.717, 1.165) is 12.0 Å². The Hall–Kier alpha value is -3.32. The summed E-state index contributed by atoms with van der Waals surface area (Å²) in [5.74, 6) is -0.627. The Morgan fingerprint density at radius 3 is 2.53 bits per heavy atom. The van der Waals surface area contributed by atoms with Gasteiger partial charge in [-0.05, 0) is 37.1 Å². The number of anilines is 1. The molecule has 0 fully saturated rings. The molecule has 0 atom stereocenters. The molecule has 156 valence electrons. The molecule has 7 nitrogen and oxygen atoms in total. The third-order valence-electron chi connectivity index (χ3n) is 4.25. The van der Waals surface area contributed by atoms with Crippen LogP contribution in [0.3, 0.4) is 0 Å². The van der Waals surface area contributed by atoms with E-state index in [9.17, 15) is 9.59 Å². The SMILES string of the molecule is CCOC(=O)c1c(-c2ccc(Cl)cc2)noc1NC(=O)COc1ccccc1CC. The number of nitrogens with one attached hydrogen (secondary N) is 1. The van der Waals surface area contributed by atoms with Crippen molar-refractivity contribution in [2.24, 2.45) is 0 Å². The van der Waals surface area contributed by atoms with E-state index in [0.29, 0.717) is 16.3 Å². The molecule has 0 radical (unpaired) electrons. The first-order valence-electron chi connectivity index (χ1n) is 9.46. The van der Waals surface area contributed by atoms with Crippen LogP contribution in [0.4, 0.5) is 5.88 Å². The van der Waals surface area contributed by atoms with E-state index in [2.05, 4.69) is 10.5 Å². The Balaban J connectivity index is 1.80. The molecule has 1 heterocycles. The van der Waals surface area contributed by atoms with Gasteiger partial charge in [-0.3, -0.25) is 10.1 Å². The van der Waals surface area contributed by atoms with Crippen molar-refractivity contribution in [3.05, 3.63) is 64.7 Å². The third-order valence-corrected chi connectivity index (χ3v) is 4.51. The molecule has 3 rings (SSSR count). The van der Waals surface area contributed by atoms with Gasteiger partial charge >= 0.3 is 5.97 Å². The second kappa shape index (κ2) is 9.93. The molecule has 0 saturated heterocycles. The van der Waals surface area contributed by atoms with E-state index in [-0.39, 0.29) is 30.4 Å². The number of rotatable bonds is 8. The van der Waals surface area contributed by atoms with Gasteiger partial charge in [-0.15, -0.1) is 0 Å². The summed E-state index contributed by atoms with van der Waals surface area (Å²) >= 11 is 5.93. The van der Waals surface area contributed by atoms with Crippen LogP contribution in [-0.4, -0.2) is 30.2 Å². The van der Waals surface area contributed by atoms with Crippen LogP contribution in [0.15, 0.2) is 53.1 Å². The summed E-state index contributed by atoms with van der Waals surface area (Å²) < 4.78 is 16.0. The van der Waals surface area contributed by atoms with E-state index in [1.165, 1.54) is 0 Å². The number of carbonyl (C=O) groups excluding carboxylic acids is 2. The number of amides is 1. The summed E-state index contributed by atoms with van der Waals surface area (Å²) in [6.07, 6.45) is 0.775. The van der Waals surface area contributed by atoms with Gasteiger partial charge in [0.15, 0.2) is 12.2 Å². The molecule has 0 saturated carbocycles. The van der Waals surface area contributed by atoms with Gasteiger partial charge in [-0.2, -0.15) is 0 Å². The number of benzene rings is 2. The fraction of sp³-hybridized carbons (Fsp3) is 0.227. The predicted molar refractivity (Wildman–Crippen MR) is 113 cm³/mol. The van der Waals surface area contributed by atoms with Gasteiger partial charge in [0.1, 0.15) is 11.4 Å². The highest BCUT2D eigenvalue weighted by Crippen LogP contribution is 2.30. The number of hydrogen-bond donors (Lipinski definition) is 1. The van der Waals surface area contributed by atoms with E-state index in [4.69, 9.17) is 25.6 Å². The quantitative estimate of drug-likeness (QED) is 0.520. The van der Waals surface area contributed by atoms with Gasteiger partial charge in [-0.1, -0.05) is 54.0 Å². The zero-order chi connectivity index (χ0) is 21.5. The highest BCUT2D eigenvalue weighted by atomic mass is 35.5. The average molecular weight is 429 g/mol. The van der Waals surface area contributed by atoms with Crippen LogP contribution in [0.2, 0.25) is 5.02 Å². The molecular weight excluding hydrogens is 408 g/mol. The van der Waals surface area contributed by atoms with Crippen molar-refractivity contribution < 1.29 is 23.6 Å². The van der Waals surface area contributed by atoms with Gasteiger partial charge in [-0.25, -0.2) is 4.79 Å². The molecular formula is C22H21ClN2O5. The van der Waals surface area contributed by atoms with Gasteiger partial charge in [0.2, 0.25) is 5.88 Å². The topological polar surface area (TPSA) is 90.7 Å². The highest BCUT2D eigenvalue weighted by Gasteiger charge is 2.26. The number of esters is 1. The molecule has 2 aromatic carbocycles. The first-order chi connectivity index (χ1) is 14.5. The second-order valence-corrected chi connectivity index (χ2v) is 6.70. The third kappa shape index (κ3) is 4.99. The molecule has 0 bridgehead atoms. The van der Waals surface area contributed by atoms with Crippen molar-refractivity contribution >= 4 is 29.4 Å². The normalized spacial score (nSPS) is 10.5. The van der Waals surface area contributed by atoms with Crippen molar-refractivity contribution in [2.45, 2.75) is 20.3 Å². The van der Waals surface area contributed by atoms with Crippen LogP contribution in [0, 0.1) is 0 Å². The summed E-state index contributed by atoms with van der Waals surface area (Å²) in [6, 6.07) is 14.2. The number of para-hydroxylation sites is 1. The molecule has 0 spiro atoms. The van der Waals surface area contributed by atoms with Crippen LogP contribution in [0.25, 0.3) is 11.3 Å². The maximum absolute atomic E-state index is 12.5. The molecule has 0 aliphatic heterocycles. The summed E-state index contributed by atoms with van der Waals surface area (Å²) in [5, 5.41) is 7.02. The number of aromatic nitrogens is 1. The van der Waals surface area contributed by atoms with Crippen LogP contribution < -0.4 is 10.1 Å². The van der Waals surface area contributed by atoms with Gasteiger partial charge < -0.3 is 14.0 Å². The Labute approximate surface area is 178 Å². The molecule has 8 heteroatoms. The van der Waals surface area contributed by atoms with Gasteiger partial charge in [0.05, 0.1) is 6.61 Å². The Bertz CT molecular complexity index is 1030. The molecule has 1 N–H and O–H groups in total. The summed E-state index contributed by atoms with van der Waals surface area (Å²) in [7, 11) is 0. The first-order valence-corrected chi connectivity index (χ1v) is 9.84. The first kappa shape index (κ1) is 21.4. The lowest BCUT2D eigenvalue weighted by molar-refractivity contribution is -0.118. The number of aryl methyl sites for hydroxylation is 1. The lowest BCUT2D eigenvalue weighted by Gasteiger charge is -2.10. The van der Waals surface area contributed by atoms with Crippen LogP contribution >= 0.6 is 11.6 Å². The smallest absolute Gasteiger partial charge is 0.346 e. The largest absolute Gasteiger partial charge is 0.483 e. The molecule has 1 amide bonds. The fourth-order valence-electron chi connectivity index (χ4n) is 2.82. The molecule has 0 aliphatic rings. The monoisotopic (exact) mass is 428 g/mol. The molecule has 1 aromatic heterocycles. The number of nitrogens with zero attached hydrogens (tertiary/aromatic N) is 1. The molecule has 30 heavy (non-hydrogen) atoms.